The second-order valence-electron chi connectivity index (χ2n) is 9.48. The minimum absolute atomic E-state index is 0.120. The van der Waals surface area contributed by atoms with Gasteiger partial charge in [0.15, 0.2) is 11.2 Å². The molecule has 0 spiro atoms. The Morgan fingerprint density at radius 1 is 1.08 bits per heavy atom. The number of benzene rings is 1. The van der Waals surface area contributed by atoms with E-state index in [1.54, 1.807) is 18.3 Å². The van der Waals surface area contributed by atoms with E-state index in [4.69, 9.17) is 21.3 Å². The molecule has 9 nitrogen and oxygen atoms in total. The molecule has 1 fully saturated rings. The minimum Gasteiger partial charge on any atom is -0.474 e. The molecule has 0 aliphatic heterocycles. The second-order valence-corrected chi connectivity index (χ2v) is 9.91. The molecule has 0 amide bonds. The molecule has 0 radical (unpaired) electrons. The topological polar surface area (TPSA) is 104 Å². The van der Waals surface area contributed by atoms with E-state index >= 15 is 0 Å². The maximum atomic E-state index is 13.6. The Bertz CT molecular complexity index is 1520. The van der Waals surface area contributed by atoms with E-state index in [-0.39, 0.29) is 19.3 Å². The monoisotopic (exact) mass is 523 g/mol. The summed E-state index contributed by atoms with van der Waals surface area (Å²) in [4.78, 5) is 36.1. The summed E-state index contributed by atoms with van der Waals surface area (Å²) in [6.45, 7) is 4.70. The number of aromatic nitrogens is 5. The Kier molecular flexibility index (Phi) is 7.17. The van der Waals surface area contributed by atoms with E-state index < -0.39 is 11.2 Å². The number of aliphatic hydroxyl groups excluding tert-OH is 1. The summed E-state index contributed by atoms with van der Waals surface area (Å²) in [5.74, 6) is 1.60. The first-order valence-corrected chi connectivity index (χ1v) is 13.0. The molecule has 2 atom stereocenters. The van der Waals surface area contributed by atoms with Crippen molar-refractivity contribution in [3.63, 3.8) is 0 Å². The zero-order chi connectivity index (χ0) is 26.1. The highest BCUT2D eigenvalue weighted by Crippen LogP contribution is 2.31. The van der Waals surface area contributed by atoms with Gasteiger partial charge in [0.05, 0.1) is 0 Å². The van der Waals surface area contributed by atoms with Crippen molar-refractivity contribution in [2.75, 3.05) is 6.61 Å². The third-order valence-electron chi connectivity index (χ3n) is 7.03. The highest BCUT2D eigenvalue weighted by molar-refractivity contribution is 6.30. The Morgan fingerprint density at radius 2 is 1.86 bits per heavy atom. The summed E-state index contributed by atoms with van der Waals surface area (Å²) in [5, 5.41) is 9.93. The molecule has 1 saturated carbocycles. The van der Waals surface area contributed by atoms with Crippen LogP contribution < -0.4 is 16.0 Å². The van der Waals surface area contributed by atoms with Crippen molar-refractivity contribution in [1.29, 1.82) is 0 Å². The predicted molar refractivity (Wildman–Crippen MR) is 142 cm³/mol. The summed E-state index contributed by atoms with van der Waals surface area (Å²) in [6.07, 6.45) is 4.36. The van der Waals surface area contributed by atoms with Gasteiger partial charge < -0.3 is 14.4 Å². The molecule has 2 unspecified atom stereocenters. The van der Waals surface area contributed by atoms with Crippen molar-refractivity contribution in [2.45, 2.75) is 58.8 Å². The Hall–Kier alpha value is -3.43. The lowest BCUT2D eigenvalue weighted by atomic mass is 9.84. The van der Waals surface area contributed by atoms with Crippen molar-refractivity contribution in [1.82, 2.24) is 23.7 Å². The molecule has 4 aromatic rings. The number of fused-ring (bicyclic) bond motifs is 1. The maximum absolute atomic E-state index is 13.6. The predicted octanol–water partition coefficient (Wildman–Crippen LogP) is 3.70. The van der Waals surface area contributed by atoms with Crippen molar-refractivity contribution in [3.05, 3.63) is 74.0 Å². The zero-order valence-corrected chi connectivity index (χ0v) is 21.7. The first-order valence-electron chi connectivity index (χ1n) is 12.6. The summed E-state index contributed by atoms with van der Waals surface area (Å²) in [6, 6.07) is 11.1. The molecule has 5 rings (SSSR count). The van der Waals surface area contributed by atoms with E-state index in [2.05, 4.69) is 11.9 Å². The number of aryl methyl sites for hydroxylation is 1. The van der Waals surface area contributed by atoms with Crippen LogP contribution in [0.3, 0.4) is 0 Å². The number of aliphatic hydroxyl groups is 1. The first-order chi connectivity index (χ1) is 17.9. The number of ether oxygens (including phenoxy) is 1. The molecule has 0 saturated heterocycles. The number of rotatable bonds is 9. The van der Waals surface area contributed by atoms with Crippen molar-refractivity contribution in [3.8, 4) is 17.3 Å². The van der Waals surface area contributed by atoms with Gasteiger partial charge in [0.2, 0.25) is 5.88 Å². The summed E-state index contributed by atoms with van der Waals surface area (Å²) in [7, 11) is 0. The summed E-state index contributed by atoms with van der Waals surface area (Å²) < 4.78 is 10.5. The fourth-order valence-corrected chi connectivity index (χ4v) is 4.82. The van der Waals surface area contributed by atoms with Gasteiger partial charge in [-0.1, -0.05) is 30.7 Å². The highest BCUT2D eigenvalue weighted by atomic mass is 35.5. The van der Waals surface area contributed by atoms with Crippen LogP contribution in [0.15, 0.2) is 52.2 Å². The van der Waals surface area contributed by atoms with Gasteiger partial charge in [-0.25, -0.2) is 14.8 Å². The lowest BCUT2D eigenvalue weighted by Gasteiger charge is -2.33. The van der Waals surface area contributed by atoms with E-state index in [0.717, 1.165) is 18.4 Å². The van der Waals surface area contributed by atoms with Crippen LogP contribution in [-0.2, 0) is 19.6 Å². The van der Waals surface area contributed by atoms with Crippen molar-refractivity contribution in [2.24, 2.45) is 5.92 Å². The van der Waals surface area contributed by atoms with Gasteiger partial charge in [0, 0.05) is 49.1 Å². The van der Waals surface area contributed by atoms with Crippen molar-refractivity contribution >= 4 is 22.8 Å². The molecule has 10 heteroatoms. The van der Waals surface area contributed by atoms with Gasteiger partial charge in [0.1, 0.15) is 11.9 Å². The average Bonchev–Trinajstić information content (AvgIpc) is 3.27. The number of hydrogen-bond donors (Lipinski definition) is 1. The number of pyridine rings is 1. The molecule has 0 bridgehead atoms. The van der Waals surface area contributed by atoms with E-state index in [0.29, 0.717) is 58.9 Å². The Balaban J connectivity index is 1.66. The first kappa shape index (κ1) is 25.2. The molecule has 1 aliphatic carbocycles. The van der Waals surface area contributed by atoms with E-state index in [1.807, 2.05) is 35.8 Å². The van der Waals surface area contributed by atoms with Crippen LogP contribution in [0.5, 0.6) is 5.88 Å². The third-order valence-corrected chi connectivity index (χ3v) is 7.28. The fourth-order valence-electron chi connectivity index (χ4n) is 4.70. The van der Waals surface area contributed by atoms with Gasteiger partial charge in [-0.2, -0.15) is 0 Å². The number of hydrogen-bond acceptors (Lipinski definition) is 6. The van der Waals surface area contributed by atoms with Gasteiger partial charge in [-0.3, -0.25) is 13.9 Å². The van der Waals surface area contributed by atoms with Crippen LogP contribution in [0, 0.1) is 5.92 Å². The quantitative estimate of drug-likeness (QED) is 0.359. The van der Waals surface area contributed by atoms with E-state index in [9.17, 15) is 14.7 Å². The number of imidazole rings is 1. The summed E-state index contributed by atoms with van der Waals surface area (Å²) >= 11 is 6.09. The molecule has 37 heavy (non-hydrogen) atoms. The SMILES string of the molecule is CCn1c(=O)n(CCCO)c(=O)c2c1nc(-c1ccc(OC3CCC3C)nc1)n2Cc1ccc(Cl)cc1. The second kappa shape index (κ2) is 10.5. The van der Waals surface area contributed by atoms with E-state index in [1.165, 1.54) is 9.13 Å². The largest absolute Gasteiger partial charge is 0.474 e. The average molecular weight is 524 g/mol. The summed E-state index contributed by atoms with van der Waals surface area (Å²) in [5.41, 5.74) is 1.41. The standard InChI is InChI=1S/C27H30ClN5O4/c1-3-31-25-23(26(35)32(27(31)36)13-4-14-34)33(16-18-6-9-20(28)10-7-18)24(30-25)19-8-12-22(29-15-19)37-21-11-5-17(21)2/h6-10,12,15,17,21,34H,3-5,11,13-14,16H2,1-2H3. The molecule has 3 heterocycles. The normalized spacial score (nSPS) is 17.2. The molecule has 194 valence electrons. The molecule has 1 aromatic carbocycles. The van der Waals surface area contributed by atoms with Gasteiger partial charge in [0.25, 0.3) is 5.56 Å². The molecule has 1 aliphatic rings. The van der Waals surface area contributed by atoms with Gasteiger partial charge >= 0.3 is 5.69 Å². The number of halogens is 1. The maximum Gasteiger partial charge on any atom is 0.332 e. The van der Waals surface area contributed by atoms with Gasteiger partial charge in [-0.05, 0) is 55.9 Å². The molecule has 3 aromatic heterocycles. The van der Waals surface area contributed by atoms with Gasteiger partial charge in [-0.15, -0.1) is 0 Å². The van der Waals surface area contributed by atoms with Crippen LogP contribution in [-0.4, -0.2) is 41.5 Å². The Morgan fingerprint density at radius 3 is 2.46 bits per heavy atom. The van der Waals surface area contributed by atoms with Crippen molar-refractivity contribution < 1.29 is 9.84 Å². The smallest absolute Gasteiger partial charge is 0.332 e. The van der Waals surface area contributed by atoms with Crippen LogP contribution >= 0.6 is 11.6 Å². The molecule has 1 N–H and O–H groups in total. The fraction of sp³-hybridized carbons (Fsp3) is 0.407. The zero-order valence-electron chi connectivity index (χ0n) is 20.9. The molecular weight excluding hydrogens is 494 g/mol. The lowest BCUT2D eigenvalue weighted by molar-refractivity contribution is 0.0535. The van der Waals surface area contributed by atoms with Crippen LogP contribution in [0.2, 0.25) is 5.02 Å². The third kappa shape index (κ3) is 4.81. The highest BCUT2D eigenvalue weighted by Gasteiger charge is 2.29. The lowest BCUT2D eigenvalue weighted by Crippen LogP contribution is -2.40. The number of nitrogens with zero attached hydrogens (tertiary/aromatic N) is 5. The molecular formula is C27H30ClN5O4. The van der Waals surface area contributed by atoms with Crippen LogP contribution in [0.4, 0.5) is 0 Å². The Labute approximate surface area is 218 Å². The van der Waals surface area contributed by atoms with Crippen LogP contribution in [0.1, 0.15) is 38.7 Å². The minimum atomic E-state index is -0.437. The van der Waals surface area contributed by atoms with Crippen LogP contribution in [0.25, 0.3) is 22.6 Å².